The molecule has 2 aliphatic carbocycles. The number of carbonyl (C=O) groups is 1. The molecule has 3 N–H and O–H groups in total. The highest BCUT2D eigenvalue weighted by Crippen LogP contribution is 2.51. The Morgan fingerprint density at radius 1 is 1.38 bits per heavy atom. The number of pyridine rings is 2. The Balaban J connectivity index is 0.00000120. The number of halogens is 3. The van der Waals surface area contributed by atoms with Crippen molar-refractivity contribution in [2.75, 3.05) is 18.0 Å². The van der Waals surface area contributed by atoms with Crippen molar-refractivity contribution >= 4 is 47.6 Å². The first kappa shape index (κ1) is 21.8. The second kappa shape index (κ2) is 7.11. The predicted octanol–water partition coefficient (Wildman–Crippen LogP) is 2.59. The van der Waals surface area contributed by atoms with Crippen molar-refractivity contribution in [3.63, 3.8) is 0 Å². The monoisotopic (exact) mass is 444 g/mol. The van der Waals surface area contributed by atoms with Crippen LogP contribution in [0.4, 0.5) is 10.2 Å². The van der Waals surface area contributed by atoms with Gasteiger partial charge in [-0.05, 0) is 36.7 Å². The summed E-state index contributed by atoms with van der Waals surface area (Å²) in [5.74, 6) is -1.36. The van der Waals surface area contributed by atoms with Crippen molar-refractivity contribution in [3.8, 4) is 0 Å². The number of nitrogens with two attached hydrogens (primary N) is 1. The molecule has 5 rings (SSSR count). The van der Waals surface area contributed by atoms with Gasteiger partial charge in [0.15, 0.2) is 11.6 Å². The van der Waals surface area contributed by atoms with E-state index in [2.05, 4.69) is 11.9 Å². The molecular formula is C19H23Cl2FN4O3. The van der Waals surface area contributed by atoms with Gasteiger partial charge < -0.3 is 20.3 Å². The van der Waals surface area contributed by atoms with Crippen LogP contribution in [-0.2, 0) is 0 Å². The van der Waals surface area contributed by atoms with Crippen LogP contribution in [0, 0.1) is 17.2 Å². The molecule has 0 spiro atoms. The zero-order valence-corrected chi connectivity index (χ0v) is 17.4. The van der Waals surface area contributed by atoms with E-state index in [0.717, 1.165) is 25.3 Å². The fraction of sp³-hybridized carbons (Fsp3) is 0.526. The Labute approximate surface area is 178 Å². The van der Waals surface area contributed by atoms with Crippen molar-refractivity contribution in [1.82, 2.24) is 9.55 Å². The van der Waals surface area contributed by atoms with E-state index >= 15 is 0 Å². The molecule has 3 fully saturated rings. The zero-order valence-electron chi connectivity index (χ0n) is 15.8. The summed E-state index contributed by atoms with van der Waals surface area (Å²) in [6, 6.07) is 1.39. The lowest BCUT2D eigenvalue weighted by Gasteiger charge is -2.46. The minimum absolute atomic E-state index is 0. The van der Waals surface area contributed by atoms with E-state index in [1.54, 1.807) is 4.57 Å². The number of anilines is 1. The third kappa shape index (κ3) is 3.17. The summed E-state index contributed by atoms with van der Waals surface area (Å²) in [7, 11) is 0. The molecule has 7 nitrogen and oxygen atoms in total. The molecule has 2 saturated carbocycles. The summed E-state index contributed by atoms with van der Waals surface area (Å²) >= 11 is 0. The summed E-state index contributed by atoms with van der Waals surface area (Å²) in [6.07, 6.45) is 4.05. The van der Waals surface area contributed by atoms with Gasteiger partial charge in [0.1, 0.15) is 11.2 Å². The maximum absolute atomic E-state index is 14.9. The van der Waals surface area contributed by atoms with Crippen molar-refractivity contribution in [3.05, 3.63) is 33.9 Å². The first-order valence-corrected chi connectivity index (χ1v) is 9.28. The number of hydrogen-bond acceptors (Lipinski definition) is 5. The number of aromatic nitrogens is 2. The lowest BCUT2D eigenvalue weighted by atomic mass is 9.60. The van der Waals surface area contributed by atoms with Crippen LogP contribution < -0.4 is 16.1 Å². The van der Waals surface area contributed by atoms with E-state index in [1.807, 2.05) is 4.90 Å². The molecule has 0 bridgehead atoms. The van der Waals surface area contributed by atoms with Crippen molar-refractivity contribution < 1.29 is 14.3 Å². The molecule has 29 heavy (non-hydrogen) atoms. The van der Waals surface area contributed by atoms with Gasteiger partial charge in [-0.25, -0.2) is 14.2 Å². The smallest absolute Gasteiger partial charge is 0.341 e. The topological polar surface area (TPSA) is 101 Å². The molecule has 2 aromatic rings. The lowest BCUT2D eigenvalue weighted by Crippen LogP contribution is -2.53. The molecule has 3 aliphatic rings. The van der Waals surface area contributed by atoms with Crippen LogP contribution in [-0.4, -0.2) is 39.8 Å². The summed E-state index contributed by atoms with van der Waals surface area (Å²) in [5.41, 5.74) is 5.51. The number of nitrogens with zero attached hydrogens (tertiary/aromatic N) is 3. The number of fused-ring (bicyclic) bond motifs is 2. The quantitative estimate of drug-likeness (QED) is 0.753. The average molecular weight is 445 g/mol. The van der Waals surface area contributed by atoms with Crippen LogP contribution in [0.5, 0.6) is 0 Å². The molecular weight excluding hydrogens is 422 g/mol. The Kier molecular flexibility index (Phi) is 5.34. The largest absolute Gasteiger partial charge is 0.477 e. The first-order chi connectivity index (χ1) is 12.8. The molecule has 1 aliphatic heterocycles. The fourth-order valence-corrected chi connectivity index (χ4v) is 4.87. The molecule has 3 atom stereocenters. The summed E-state index contributed by atoms with van der Waals surface area (Å²) in [4.78, 5) is 30.4. The molecule has 0 amide bonds. The minimum atomic E-state index is -1.31. The van der Waals surface area contributed by atoms with Crippen molar-refractivity contribution in [2.24, 2.45) is 17.1 Å². The molecule has 3 heterocycles. The van der Waals surface area contributed by atoms with E-state index in [9.17, 15) is 19.1 Å². The molecule has 1 saturated heterocycles. The second-order valence-electron chi connectivity index (χ2n) is 8.49. The SMILES string of the molecule is C[C@@]12C[C@H](N)[C@@H]1CN(c1nc3c(cc1F)c(=O)c(C(=O)O)cn3C1CC1)C2.Cl.Cl. The van der Waals surface area contributed by atoms with Crippen molar-refractivity contribution in [2.45, 2.75) is 38.3 Å². The number of hydrogen-bond donors (Lipinski definition) is 2. The molecule has 0 aromatic carbocycles. The zero-order chi connectivity index (χ0) is 19.1. The third-order valence-electron chi connectivity index (χ3n) is 6.49. The van der Waals surface area contributed by atoms with Gasteiger partial charge in [-0.2, -0.15) is 0 Å². The molecule has 0 unspecified atom stereocenters. The van der Waals surface area contributed by atoms with E-state index in [0.29, 0.717) is 24.7 Å². The number of carboxylic acid groups (broad SMARTS) is 1. The van der Waals surface area contributed by atoms with Gasteiger partial charge in [0.25, 0.3) is 0 Å². The number of carboxylic acids is 1. The van der Waals surface area contributed by atoms with Crippen LogP contribution in [0.25, 0.3) is 11.0 Å². The Bertz CT molecular complexity index is 1060. The van der Waals surface area contributed by atoms with Crippen LogP contribution in [0.2, 0.25) is 0 Å². The highest BCUT2D eigenvalue weighted by Gasteiger charge is 2.55. The highest BCUT2D eigenvalue weighted by atomic mass is 35.5. The maximum Gasteiger partial charge on any atom is 0.341 e. The Hall–Kier alpha value is -1.90. The first-order valence-electron chi connectivity index (χ1n) is 9.28. The summed E-state index contributed by atoms with van der Waals surface area (Å²) in [5, 5.41) is 9.34. The van der Waals surface area contributed by atoms with E-state index < -0.39 is 17.2 Å². The second-order valence-corrected chi connectivity index (χ2v) is 8.49. The van der Waals surface area contributed by atoms with Gasteiger partial charge >= 0.3 is 5.97 Å². The van der Waals surface area contributed by atoms with Crippen LogP contribution in [0.15, 0.2) is 17.1 Å². The Morgan fingerprint density at radius 3 is 2.62 bits per heavy atom. The van der Waals surface area contributed by atoms with E-state index in [-0.39, 0.29) is 59.1 Å². The summed E-state index contributed by atoms with van der Waals surface area (Å²) in [6.45, 7) is 3.49. The van der Waals surface area contributed by atoms with Crippen LogP contribution in [0.3, 0.4) is 0 Å². The van der Waals surface area contributed by atoms with E-state index in [1.165, 1.54) is 6.20 Å². The van der Waals surface area contributed by atoms with Gasteiger partial charge in [0.05, 0.1) is 5.39 Å². The minimum Gasteiger partial charge on any atom is -0.477 e. The lowest BCUT2D eigenvalue weighted by molar-refractivity contribution is 0.0694. The number of aromatic carboxylic acids is 1. The third-order valence-corrected chi connectivity index (χ3v) is 6.49. The van der Waals surface area contributed by atoms with Crippen LogP contribution >= 0.6 is 24.8 Å². The van der Waals surface area contributed by atoms with E-state index in [4.69, 9.17) is 5.73 Å². The van der Waals surface area contributed by atoms with Gasteiger partial charge in [-0.3, -0.25) is 4.79 Å². The molecule has 158 valence electrons. The molecule has 10 heteroatoms. The normalized spacial score (nSPS) is 27.6. The summed E-state index contributed by atoms with van der Waals surface area (Å²) < 4.78 is 16.6. The van der Waals surface area contributed by atoms with Gasteiger partial charge in [0.2, 0.25) is 5.43 Å². The van der Waals surface area contributed by atoms with Gasteiger partial charge in [-0.1, -0.05) is 6.92 Å². The van der Waals surface area contributed by atoms with Gasteiger partial charge in [-0.15, -0.1) is 24.8 Å². The van der Waals surface area contributed by atoms with Crippen molar-refractivity contribution in [1.29, 1.82) is 0 Å². The van der Waals surface area contributed by atoms with Crippen LogP contribution in [0.1, 0.15) is 42.6 Å². The average Bonchev–Trinajstić information content (AvgIpc) is 3.39. The predicted molar refractivity (Wildman–Crippen MR) is 112 cm³/mol. The fourth-order valence-electron chi connectivity index (χ4n) is 4.87. The Morgan fingerprint density at radius 2 is 2.07 bits per heavy atom. The highest BCUT2D eigenvalue weighted by molar-refractivity contribution is 5.92. The number of rotatable bonds is 3. The van der Waals surface area contributed by atoms with Gasteiger partial charge in [0, 0.05) is 31.4 Å². The maximum atomic E-state index is 14.9. The molecule has 0 radical (unpaired) electrons. The molecule has 2 aromatic heterocycles. The standard InChI is InChI=1S/C19H21FN4O3.2ClH/c1-19-5-14(21)12(19)7-23(8-19)17-13(20)4-10-15(25)11(18(26)27)6-24(9-2-3-9)16(10)22-17;;/h4,6,9,12,14H,2-3,5,7-8,21H2,1H3,(H,26,27);2*1H/t12-,14-,19-;;/m0../s1.